The molecule has 2 aliphatic carbocycles. The summed E-state index contributed by atoms with van der Waals surface area (Å²) >= 11 is 0. The summed E-state index contributed by atoms with van der Waals surface area (Å²) in [5, 5.41) is 20.5. The Morgan fingerprint density at radius 2 is 1.84 bits per heavy atom. The number of aliphatic hydroxyl groups is 1. The number of nitrogens with zero attached hydrogens (tertiary/aromatic N) is 1. The molecule has 0 amide bonds. The van der Waals surface area contributed by atoms with Gasteiger partial charge < -0.3 is 5.11 Å². The molecular weight excluding hydrogens is 479 g/mol. The summed E-state index contributed by atoms with van der Waals surface area (Å²) in [7, 11) is 0. The minimum atomic E-state index is -4.66. The zero-order chi connectivity index (χ0) is 26.4. The van der Waals surface area contributed by atoms with E-state index in [0.29, 0.717) is 30.5 Å². The lowest BCUT2D eigenvalue weighted by molar-refractivity contribution is -0.909. The summed E-state index contributed by atoms with van der Waals surface area (Å²) in [6, 6.07) is 18.9. The summed E-state index contributed by atoms with van der Waals surface area (Å²) in [5.74, 6) is -0.402. The van der Waals surface area contributed by atoms with E-state index in [9.17, 15) is 28.3 Å². The number of rotatable bonds is 5. The van der Waals surface area contributed by atoms with Crippen LogP contribution in [0.25, 0.3) is 0 Å². The Kier molecular flexibility index (Phi) is 6.39. The molecule has 0 spiro atoms. The van der Waals surface area contributed by atoms with Gasteiger partial charge in [-0.05, 0) is 73.3 Å². The van der Waals surface area contributed by atoms with Crippen LogP contribution in [0, 0.1) is 12.8 Å². The van der Waals surface area contributed by atoms with Gasteiger partial charge in [0.15, 0.2) is 11.4 Å². The quantitative estimate of drug-likeness (QED) is 0.272. The van der Waals surface area contributed by atoms with E-state index < -0.39 is 17.2 Å². The maximum Gasteiger partial charge on any atom is 0.417 e. The second-order valence-corrected chi connectivity index (χ2v) is 10.7. The Hall–Kier alpha value is -3.19. The van der Waals surface area contributed by atoms with Gasteiger partial charge in [-0.15, -0.1) is 0 Å². The lowest BCUT2D eigenvalue weighted by atomic mass is 9.52. The third-order valence-corrected chi connectivity index (χ3v) is 8.65. The zero-order valence-electron chi connectivity index (χ0n) is 20.8. The smallest absolute Gasteiger partial charge is 0.380 e. The van der Waals surface area contributed by atoms with Crippen molar-refractivity contribution in [3.63, 3.8) is 0 Å². The van der Waals surface area contributed by atoms with Gasteiger partial charge >= 0.3 is 6.18 Å². The standard InChI is InChI=1S/C30H31F3NO3/c1-20-22(8-5-15-34(20)37)17-27(35)24-10-12-26-23(16-24)9-11-25-19-29(36,30(31,32)33)14-13-28(25,26)18-21-6-3-2-4-7-21/h2-8,10,12,15-16,25,36-37H,9,11,13-14,17-19H2,1H3/q+1/t25-,28+,29-/m1/s1. The van der Waals surface area contributed by atoms with E-state index >= 15 is 0 Å². The number of halogens is 3. The van der Waals surface area contributed by atoms with Gasteiger partial charge in [-0.3, -0.25) is 10.0 Å². The van der Waals surface area contributed by atoms with Crippen molar-refractivity contribution in [3.8, 4) is 0 Å². The van der Waals surface area contributed by atoms with E-state index in [0.717, 1.165) is 27.0 Å². The van der Waals surface area contributed by atoms with Crippen LogP contribution in [-0.4, -0.2) is 27.9 Å². The fourth-order valence-electron chi connectivity index (χ4n) is 6.49. The Morgan fingerprint density at radius 3 is 2.57 bits per heavy atom. The molecule has 0 unspecified atom stereocenters. The van der Waals surface area contributed by atoms with E-state index in [1.165, 1.54) is 6.20 Å². The maximum absolute atomic E-state index is 13.8. The number of hydrogen-bond donors (Lipinski definition) is 2. The number of pyridine rings is 1. The minimum absolute atomic E-state index is 0.0774. The first-order valence-corrected chi connectivity index (χ1v) is 12.7. The highest BCUT2D eigenvalue weighted by Crippen LogP contribution is 2.57. The summed E-state index contributed by atoms with van der Waals surface area (Å²) < 4.78 is 42.4. The van der Waals surface area contributed by atoms with Crippen LogP contribution in [0.2, 0.25) is 0 Å². The molecule has 194 valence electrons. The number of aromatic nitrogens is 1. The highest BCUT2D eigenvalue weighted by molar-refractivity contribution is 5.97. The Bertz CT molecular complexity index is 1320. The molecule has 1 aromatic heterocycles. The lowest BCUT2D eigenvalue weighted by Gasteiger charge is -2.53. The van der Waals surface area contributed by atoms with Crippen LogP contribution in [0.4, 0.5) is 13.2 Å². The molecule has 0 bridgehead atoms. The topological polar surface area (TPSA) is 61.4 Å². The molecule has 3 aromatic rings. The van der Waals surface area contributed by atoms with Crippen LogP contribution in [0.5, 0.6) is 0 Å². The van der Waals surface area contributed by atoms with Crippen molar-refractivity contribution in [2.24, 2.45) is 5.92 Å². The molecule has 0 saturated heterocycles. The molecule has 1 fully saturated rings. The summed E-state index contributed by atoms with van der Waals surface area (Å²) in [4.78, 5) is 13.2. The van der Waals surface area contributed by atoms with E-state index in [1.54, 1.807) is 19.1 Å². The normalized spacial score (nSPS) is 25.3. The van der Waals surface area contributed by atoms with Gasteiger partial charge in [-0.25, -0.2) is 0 Å². The maximum atomic E-state index is 13.8. The van der Waals surface area contributed by atoms with Crippen LogP contribution >= 0.6 is 0 Å². The molecule has 3 atom stereocenters. The van der Waals surface area contributed by atoms with Crippen molar-refractivity contribution in [2.75, 3.05) is 0 Å². The predicted octanol–water partition coefficient (Wildman–Crippen LogP) is 5.47. The number of fused-ring (bicyclic) bond motifs is 3. The zero-order valence-corrected chi connectivity index (χ0v) is 20.8. The van der Waals surface area contributed by atoms with Gasteiger partial charge in [0.1, 0.15) is 0 Å². The number of ketones is 1. The second-order valence-electron chi connectivity index (χ2n) is 10.7. The number of carbonyl (C=O) groups is 1. The Morgan fingerprint density at radius 1 is 1.08 bits per heavy atom. The molecule has 1 heterocycles. The summed E-state index contributed by atoms with van der Waals surface area (Å²) in [5.41, 5.74) is 1.73. The lowest BCUT2D eigenvalue weighted by Crippen LogP contribution is -2.56. The van der Waals surface area contributed by atoms with E-state index in [1.807, 2.05) is 48.5 Å². The number of carbonyl (C=O) groups excluding carboxylic acids is 1. The number of aryl methyl sites for hydroxylation is 1. The fraction of sp³-hybridized carbons (Fsp3) is 0.400. The SMILES string of the molecule is Cc1c(CC(=O)c2ccc3c(c2)CC[C@@H]2C[C@@](O)(C(F)(F)F)CC[C@@]32Cc2ccccc2)ccc[n+]1O. The molecule has 7 heteroatoms. The largest absolute Gasteiger partial charge is 0.417 e. The molecule has 2 aliphatic rings. The Balaban J connectivity index is 1.50. The molecule has 37 heavy (non-hydrogen) atoms. The first-order valence-electron chi connectivity index (χ1n) is 12.7. The van der Waals surface area contributed by atoms with Crippen molar-refractivity contribution in [3.05, 3.63) is 100 Å². The third kappa shape index (κ3) is 4.54. The average Bonchev–Trinajstić information content (AvgIpc) is 2.87. The molecule has 4 nitrogen and oxygen atoms in total. The average molecular weight is 511 g/mol. The number of alkyl halides is 3. The second kappa shape index (κ2) is 9.28. The fourth-order valence-corrected chi connectivity index (χ4v) is 6.49. The first-order chi connectivity index (χ1) is 17.5. The van der Waals surface area contributed by atoms with Crippen LogP contribution in [0.1, 0.15) is 64.0 Å². The van der Waals surface area contributed by atoms with Gasteiger partial charge in [0, 0.05) is 40.7 Å². The molecule has 5 rings (SSSR count). The summed E-state index contributed by atoms with van der Waals surface area (Å²) in [6.45, 7) is 1.74. The van der Waals surface area contributed by atoms with Gasteiger partial charge in [-0.1, -0.05) is 42.5 Å². The van der Waals surface area contributed by atoms with E-state index in [-0.39, 0.29) is 37.4 Å². The van der Waals surface area contributed by atoms with E-state index in [4.69, 9.17) is 0 Å². The highest BCUT2D eigenvalue weighted by atomic mass is 19.4. The highest BCUT2D eigenvalue weighted by Gasteiger charge is 2.61. The molecular formula is C30H31F3NO3+. The first kappa shape index (κ1) is 25.5. The van der Waals surface area contributed by atoms with Crippen LogP contribution in [-0.2, 0) is 24.7 Å². The van der Waals surface area contributed by atoms with Crippen molar-refractivity contribution in [1.29, 1.82) is 0 Å². The van der Waals surface area contributed by atoms with Gasteiger partial charge in [0.05, 0.1) is 0 Å². The van der Waals surface area contributed by atoms with Gasteiger partial charge in [-0.2, -0.15) is 13.2 Å². The third-order valence-electron chi connectivity index (χ3n) is 8.65. The van der Waals surface area contributed by atoms with Crippen molar-refractivity contribution < 1.29 is 33.0 Å². The molecule has 1 saturated carbocycles. The number of benzene rings is 2. The van der Waals surface area contributed by atoms with Gasteiger partial charge in [0.25, 0.3) is 0 Å². The van der Waals surface area contributed by atoms with Crippen LogP contribution in [0.15, 0.2) is 66.9 Å². The number of Topliss-reactive ketones (excluding diaryl/α,β-unsaturated/α-hetero) is 1. The van der Waals surface area contributed by atoms with Crippen molar-refractivity contribution in [1.82, 2.24) is 0 Å². The summed E-state index contributed by atoms with van der Waals surface area (Å²) in [6.07, 6.45) is -1.76. The number of hydrogen-bond acceptors (Lipinski definition) is 3. The Labute approximate surface area is 214 Å². The molecule has 0 radical (unpaired) electrons. The van der Waals surface area contributed by atoms with Crippen LogP contribution in [0.3, 0.4) is 0 Å². The predicted molar refractivity (Wildman–Crippen MR) is 132 cm³/mol. The van der Waals surface area contributed by atoms with Gasteiger partial charge in [0.2, 0.25) is 11.9 Å². The van der Waals surface area contributed by atoms with Crippen molar-refractivity contribution in [2.45, 2.75) is 69.1 Å². The van der Waals surface area contributed by atoms with Crippen LogP contribution < -0.4 is 4.73 Å². The molecule has 0 aliphatic heterocycles. The monoisotopic (exact) mass is 510 g/mol. The molecule has 2 aromatic carbocycles. The van der Waals surface area contributed by atoms with Crippen molar-refractivity contribution >= 4 is 5.78 Å². The molecule has 2 N–H and O–H groups in total. The minimum Gasteiger partial charge on any atom is -0.380 e. The van der Waals surface area contributed by atoms with E-state index in [2.05, 4.69) is 0 Å².